The number of halogens is 1. The number of ether oxygens (including phenoxy) is 1. The number of nitrogens with one attached hydrogen (secondary N) is 1. The molecule has 0 spiro atoms. The van der Waals surface area contributed by atoms with Gasteiger partial charge in [-0.15, -0.1) is 0 Å². The van der Waals surface area contributed by atoms with Gasteiger partial charge in [-0.25, -0.2) is 9.18 Å². The number of piperidine rings is 1. The number of nitrogens with two attached hydrogens (primary N) is 1. The van der Waals surface area contributed by atoms with E-state index in [0.717, 1.165) is 6.42 Å². The van der Waals surface area contributed by atoms with Crippen LogP contribution in [0.4, 0.5) is 20.6 Å². The van der Waals surface area contributed by atoms with Crippen LogP contribution in [0.25, 0.3) is 0 Å². The van der Waals surface area contributed by atoms with Crippen LogP contribution in [0.1, 0.15) is 58.1 Å². The van der Waals surface area contributed by atoms with Gasteiger partial charge in [-0.05, 0) is 58.7 Å². The van der Waals surface area contributed by atoms with E-state index in [2.05, 4.69) is 17.4 Å². The van der Waals surface area contributed by atoms with Gasteiger partial charge in [0.15, 0.2) is 0 Å². The fourth-order valence-electron chi connectivity index (χ4n) is 5.21. The first kappa shape index (κ1) is 25.1. The molecule has 7 nitrogen and oxygen atoms in total. The Morgan fingerprint density at radius 2 is 1.97 bits per heavy atom. The highest BCUT2D eigenvalue weighted by atomic mass is 19.1. The Hall–Kier alpha value is -2.97. The number of hydrogen-bond donors (Lipinski definition) is 2. The van der Waals surface area contributed by atoms with Gasteiger partial charge in [0, 0.05) is 37.2 Å². The molecule has 0 aromatic heterocycles. The highest BCUT2D eigenvalue weighted by Gasteiger charge is 2.51. The lowest BCUT2D eigenvalue weighted by Gasteiger charge is -2.44. The molecular formula is C27H35FN4O3. The lowest BCUT2D eigenvalue weighted by atomic mass is 9.82. The molecule has 1 fully saturated rings. The quantitative estimate of drug-likeness (QED) is 0.667. The molecule has 35 heavy (non-hydrogen) atoms. The van der Waals surface area contributed by atoms with E-state index in [1.165, 1.54) is 22.6 Å². The maximum absolute atomic E-state index is 15.0. The first-order valence-electron chi connectivity index (χ1n) is 12.2. The number of amides is 2. The van der Waals surface area contributed by atoms with Gasteiger partial charge in [0.1, 0.15) is 17.0 Å². The summed E-state index contributed by atoms with van der Waals surface area (Å²) in [5.41, 5.74) is 7.20. The normalized spacial score (nSPS) is 24.6. The topological polar surface area (TPSA) is 87.9 Å². The zero-order chi connectivity index (χ0) is 25.5. The standard InChI is InChI=1S/C27H35FN4O3/c1-6-32(25(34)35-26(2,3)4)22-15-18(28)14-20-23(22)30-24(33)27(20,5)31-13-12-19(21(29)16-31)17-10-8-7-9-11-17/h7-11,14-15,19,21H,6,12-13,16,29H2,1-5H3,(H,30,33)/t19-,21+,27?/m1/s1. The number of rotatable bonds is 4. The number of carbonyl (C=O) groups excluding carboxylic acids is 2. The van der Waals surface area contributed by atoms with E-state index in [1.807, 2.05) is 23.1 Å². The van der Waals surface area contributed by atoms with Crippen LogP contribution in [0.15, 0.2) is 42.5 Å². The van der Waals surface area contributed by atoms with Gasteiger partial charge >= 0.3 is 6.09 Å². The SMILES string of the molecule is CCN(C(=O)OC(C)(C)C)c1cc(F)cc2c1NC(=O)C2(C)N1CC[C@H](c2ccccc2)[C@@H](N)C1. The van der Waals surface area contributed by atoms with Gasteiger partial charge in [0.25, 0.3) is 0 Å². The van der Waals surface area contributed by atoms with Crippen molar-refractivity contribution in [2.24, 2.45) is 5.73 Å². The molecule has 0 saturated carbocycles. The van der Waals surface area contributed by atoms with Crippen molar-refractivity contribution >= 4 is 23.4 Å². The third-order valence-corrected chi connectivity index (χ3v) is 7.03. The molecule has 0 bridgehead atoms. The molecule has 2 aliphatic rings. The molecule has 2 aliphatic heterocycles. The summed E-state index contributed by atoms with van der Waals surface area (Å²) in [6, 6.07) is 12.6. The Balaban J connectivity index is 1.67. The third kappa shape index (κ3) is 4.65. The van der Waals surface area contributed by atoms with Crippen LogP contribution in [0.3, 0.4) is 0 Å². The van der Waals surface area contributed by atoms with Crippen molar-refractivity contribution < 1.29 is 18.7 Å². The van der Waals surface area contributed by atoms with Crippen LogP contribution in [0, 0.1) is 5.82 Å². The minimum atomic E-state index is -1.11. The van der Waals surface area contributed by atoms with E-state index >= 15 is 0 Å². The van der Waals surface area contributed by atoms with Crippen LogP contribution in [-0.2, 0) is 15.1 Å². The van der Waals surface area contributed by atoms with Crippen LogP contribution in [-0.4, -0.2) is 48.2 Å². The Bertz CT molecular complexity index is 1120. The van der Waals surface area contributed by atoms with E-state index < -0.39 is 23.1 Å². The largest absolute Gasteiger partial charge is 0.443 e. The molecule has 2 aromatic rings. The zero-order valence-corrected chi connectivity index (χ0v) is 21.1. The fraction of sp³-hybridized carbons (Fsp3) is 0.481. The third-order valence-electron chi connectivity index (χ3n) is 7.03. The van der Waals surface area contributed by atoms with Gasteiger partial charge in [-0.2, -0.15) is 0 Å². The second-order valence-corrected chi connectivity index (χ2v) is 10.5. The number of carbonyl (C=O) groups is 2. The van der Waals surface area contributed by atoms with E-state index in [1.54, 1.807) is 34.6 Å². The van der Waals surface area contributed by atoms with Crippen LogP contribution in [0.5, 0.6) is 0 Å². The predicted molar refractivity (Wildman–Crippen MR) is 135 cm³/mol. The van der Waals surface area contributed by atoms with Gasteiger partial charge in [-0.1, -0.05) is 30.3 Å². The average molecular weight is 483 g/mol. The molecule has 3 atom stereocenters. The zero-order valence-electron chi connectivity index (χ0n) is 21.1. The number of anilines is 2. The molecule has 1 saturated heterocycles. The molecular weight excluding hydrogens is 447 g/mol. The van der Waals surface area contributed by atoms with Crippen molar-refractivity contribution in [3.05, 3.63) is 59.4 Å². The van der Waals surface area contributed by atoms with Crippen molar-refractivity contribution in [2.45, 2.75) is 64.1 Å². The Morgan fingerprint density at radius 3 is 2.57 bits per heavy atom. The molecule has 2 heterocycles. The lowest BCUT2D eigenvalue weighted by molar-refractivity contribution is -0.127. The van der Waals surface area contributed by atoms with Crippen LogP contribution < -0.4 is 16.0 Å². The van der Waals surface area contributed by atoms with Gasteiger partial charge in [0.2, 0.25) is 5.91 Å². The minimum Gasteiger partial charge on any atom is -0.443 e. The van der Waals surface area contributed by atoms with E-state index in [4.69, 9.17) is 10.5 Å². The smallest absolute Gasteiger partial charge is 0.414 e. The summed E-state index contributed by atoms with van der Waals surface area (Å²) in [6.07, 6.45) is 0.186. The van der Waals surface area contributed by atoms with Crippen LogP contribution in [0.2, 0.25) is 0 Å². The van der Waals surface area contributed by atoms with Gasteiger partial charge < -0.3 is 15.8 Å². The van der Waals surface area contributed by atoms with Gasteiger partial charge in [0.05, 0.1) is 11.4 Å². The first-order chi connectivity index (χ1) is 16.5. The van der Waals surface area contributed by atoms with Crippen molar-refractivity contribution in [3.63, 3.8) is 0 Å². The monoisotopic (exact) mass is 482 g/mol. The maximum Gasteiger partial charge on any atom is 0.414 e. The van der Waals surface area contributed by atoms with E-state index in [9.17, 15) is 14.0 Å². The van der Waals surface area contributed by atoms with Crippen molar-refractivity contribution in [1.82, 2.24) is 4.90 Å². The molecule has 1 unspecified atom stereocenters. The molecule has 0 aliphatic carbocycles. The lowest BCUT2D eigenvalue weighted by Crippen LogP contribution is -2.57. The summed E-state index contributed by atoms with van der Waals surface area (Å²) in [7, 11) is 0. The summed E-state index contributed by atoms with van der Waals surface area (Å²) in [6.45, 7) is 10.3. The summed E-state index contributed by atoms with van der Waals surface area (Å²) in [4.78, 5) is 29.7. The Labute approximate surface area is 206 Å². The van der Waals surface area contributed by atoms with Crippen molar-refractivity contribution in [2.75, 3.05) is 29.9 Å². The molecule has 188 valence electrons. The Kier molecular flexibility index (Phi) is 6.64. The fourth-order valence-corrected chi connectivity index (χ4v) is 5.21. The molecule has 2 amide bonds. The molecule has 0 radical (unpaired) electrons. The molecule has 8 heteroatoms. The summed E-state index contributed by atoms with van der Waals surface area (Å²) in [5.74, 6) is -0.595. The second kappa shape index (κ2) is 9.24. The number of likely N-dealkylation sites (tertiary alicyclic amines) is 1. The maximum atomic E-state index is 15.0. The van der Waals surface area contributed by atoms with Crippen LogP contribution >= 0.6 is 0 Å². The Morgan fingerprint density at radius 1 is 1.29 bits per heavy atom. The summed E-state index contributed by atoms with van der Waals surface area (Å²) >= 11 is 0. The number of fused-ring (bicyclic) bond motifs is 1. The number of benzene rings is 2. The first-order valence-corrected chi connectivity index (χ1v) is 12.2. The summed E-state index contributed by atoms with van der Waals surface area (Å²) < 4.78 is 20.5. The van der Waals surface area contributed by atoms with Crippen molar-refractivity contribution in [1.29, 1.82) is 0 Å². The minimum absolute atomic E-state index is 0.179. The molecule has 2 aromatic carbocycles. The number of hydrogen-bond acceptors (Lipinski definition) is 5. The molecule has 3 N–H and O–H groups in total. The number of nitrogens with zero attached hydrogens (tertiary/aromatic N) is 2. The highest BCUT2D eigenvalue weighted by molar-refractivity contribution is 6.10. The van der Waals surface area contributed by atoms with E-state index in [0.29, 0.717) is 24.3 Å². The van der Waals surface area contributed by atoms with Gasteiger partial charge in [-0.3, -0.25) is 14.6 Å². The second-order valence-electron chi connectivity index (χ2n) is 10.5. The highest BCUT2D eigenvalue weighted by Crippen LogP contribution is 2.47. The molecule has 4 rings (SSSR count). The summed E-state index contributed by atoms with van der Waals surface area (Å²) in [5, 5.41) is 2.93. The van der Waals surface area contributed by atoms with Crippen molar-refractivity contribution in [3.8, 4) is 0 Å². The van der Waals surface area contributed by atoms with E-state index in [-0.39, 0.29) is 30.1 Å². The average Bonchev–Trinajstić information content (AvgIpc) is 3.05. The predicted octanol–water partition coefficient (Wildman–Crippen LogP) is 4.57.